The first kappa shape index (κ1) is 32.5. The number of rotatable bonds is 5. The highest BCUT2D eigenvalue weighted by Gasteiger charge is 2.75. The lowest BCUT2D eigenvalue weighted by atomic mass is 9.47. The number of ketones is 3. The minimum atomic E-state index is -3.32. The third-order valence-corrected chi connectivity index (χ3v) is 10.3. The van der Waals surface area contributed by atoms with E-state index in [2.05, 4.69) is 0 Å². The molecule has 5 unspecified atom stereocenters. The number of hydrazine groups is 1. The zero-order valence-corrected chi connectivity index (χ0v) is 25.8. The van der Waals surface area contributed by atoms with Crippen molar-refractivity contribution in [3.8, 4) is 5.75 Å². The molecular formula is C32H39N3O10. The molecule has 0 heterocycles. The molecule has 0 spiro atoms. The number of hydrogen-bond acceptors (Lipinski definition) is 12. The van der Waals surface area contributed by atoms with Gasteiger partial charge in [0.05, 0.1) is 17.5 Å². The molecule has 13 nitrogen and oxygen atoms in total. The number of hydrogen-bond donors (Lipinski definition) is 6. The van der Waals surface area contributed by atoms with E-state index in [1.807, 2.05) is 0 Å². The van der Waals surface area contributed by atoms with Crippen molar-refractivity contribution in [2.45, 2.75) is 82.0 Å². The first-order valence-corrected chi connectivity index (χ1v) is 15.0. The number of aromatic hydroxyl groups is 1. The number of nitrogens with two attached hydrogens (primary N) is 1. The van der Waals surface area contributed by atoms with Gasteiger partial charge in [0, 0.05) is 24.8 Å². The Morgan fingerprint density at radius 1 is 1.04 bits per heavy atom. The van der Waals surface area contributed by atoms with Crippen molar-refractivity contribution < 1.29 is 49.5 Å². The highest BCUT2D eigenvalue weighted by atomic mass is 16.4. The predicted molar refractivity (Wildman–Crippen MR) is 158 cm³/mol. The van der Waals surface area contributed by atoms with Gasteiger partial charge in [-0.3, -0.25) is 28.9 Å². The summed E-state index contributed by atoms with van der Waals surface area (Å²) in [6, 6.07) is 1.36. The highest BCUT2D eigenvalue weighted by Crippen LogP contribution is 2.61. The lowest BCUT2D eigenvalue weighted by Gasteiger charge is -2.58. The number of imide groups is 1. The van der Waals surface area contributed by atoms with Crippen molar-refractivity contribution in [1.29, 1.82) is 0 Å². The number of likely N-dealkylation sites (N-methyl/N-ethyl adjacent to an activating group) is 1. The van der Waals surface area contributed by atoms with Crippen LogP contribution in [0, 0.1) is 11.8 Å². The van der Waals surface area contributed by atoms with Gasteiger partial charge < -0.3 is 25.5 Å². The summed E-state index contributed by atoms with van der Waals surface area (Å²) in [5.74, 6) is -7.58. The van der Waals surface area contributed by atoms with Crippen molar-refractivity contribution in [2.24, 2.45) is 17.7 Å². The van der Waals surface area contributed by atoms with Crippen molar-refractivity contribution >= 4 is 34.9 Å². The Kier molecular flexibility index (Phi) is 7.84. The van der Waals surface area contributed by atoms with Crippen molar-refractivity contribution in [2.75, 3.05) is 14.1 Å². The number of benzene rings is 1. The van der Waals surface area contributed by atoms with Crippen LogP contribution in [0.15, 0.2) is 29.0 Å². The molecule has 0 aromatic heterocycles. The normalized spacial score (nSPS) is 31.6. The molecule has 7 N–H and O–H groups in total. The largest absolute Gasteiger partial charge is 0.508 e. The summed E-state index contributed by atoms with van der Waals surface area (Å²) in [5.41, 5.74) is -6.79. The molecule has 0 saturated heterocycles. The fraction of sp³-hybridized carbons (Fsp3) is 0.531. The molecule has 2 amide bonds. The molecule has 4 aliphatic carbocycles. The van der Waals surface area contributed by atoms with Crippen molar-refractivity contribution in [1.82, 2.24) is 9.91 Å². The third-order valence-electron chi connectivity index (χ3n) is 10.3. The van der Waals surface area contributed by atoms with Gasteiger partial charge in [0.2, 0.25) is 11.7 Å². The number of carbonyl (C=O) groups is 5. The van der Waals surface area contributed by atoms with Crippen molar-refractivity contribution in [3.05, 3.63) is 45.7 Å². The SMILES string of the molecule is CCC(=O)C1(O)C2C(=C(O)c3c(O)ccc(C4CCCC4)c3C2C)C(=O)[C@@]2(O)C(O)=C(C(=O)N(N)C(C)=O)C(=O)C(N(C)C)C12. The number of nitrogens with zero attached hydrogens (tertiary/aromatic N) is 2. The maximum absolute atomic E-state index is 14.6. The van der Waals surface area contributed by atoms with E-state index in [0.717, 1.165) is 38.2 Å². The first-order chi connectivity index (χ1) is 21.0. The number of amides is 2. The summed E-state index contributed by atoms with van der Waals surface area (Å²) in [7, 11) is 2.72. The summed E-state index contributed by atoms with van der Waals surface area (Å²) in [6.45, 7) is 3.99. The third kappa shape index (κ3) is 4.17. The van der Waals surface area contributed by atoms with Gasteiger partial charge in [0.15, 0.2) is 17.2 Å². The standard InChI is InChI=1S/C32H39N3O10/c1-6-18(38)31(44)23-13(2)19-16(15-9-7-8-10-15)11-12-17(37)20(19)25(39)21(23)28(41)32(45)27(31)24(34(4)5)26(40)22(29(32)42)30(43)35(33)14(3)36/h11-13,15,23-24,27,37,39,42,44-45H,6-10,33H2,1-5H3/t13?,23?,24?,27?,31?,32-/m1/s1. The number of aliphatic hydroxyl groups excluding tert-OH is 2. The van der Waals surface area contributed by atoms with E-state index in [1.165, 1.54) is 32.0 Å². The van der Waals surface area contributed by atoms with Crippen LogP contribution in [-0.2, 0) is 24.0 Å². The number of carbonyl (C=O) groups excluding carboxylic acids is 5. The molecule has 5 rings (SSSR count). The van der Waals surface area contributed by atoms with Gasteiger partial charge in [0.25, 0.3) is 5.91 Å². The second kappa shape index (κ2) is 10.9. The fourth-order valence-electron chi connectivity index (χ4n) is 8.33. The number of aliphatic hydroxyl groups is 4. The predicted octanol–water partition coefficient (Wildman–Crippen LogP) is 1.27. The maximum Gasteiger partial charge on any atom is 0.282 e. The van der Waals surface area contributed by atoms with Gasteiger partial charge in [-0.25, -0.2) is 10.9 Å². The molecule has 2 saturated carbocycles. The second-order valence-corrected chi connectivity index (χ2v) is 12.8. The molecule has 0 radical (unpaired) electrons. The number of phenolic OH excluding ortho intramolecular Hbond substituents is 1. The Balaban J connectivity index is 1.90. The summed E-state index contributed by atoms with van der Waals surface area (Å²) < 4.78 is 0. The van der Waals surface area contributed by atoms with E-state index in [1.54, 1.807) is 13.0 Å². The monoisotopic (exact) mass is 625 g/mol. The lowest BCUT2D eigenvalue weighted by molar-refractivity contribution is -0.198. The highest BCUT2D eigenvalue weighted by molar-refractivity contribution is 6.27. The topological polar surface area (TPSA) is 219 Å². The Hall–Kier alpha value is -3.91. The van der Waals surface area contributed by atoms with Crippen LogP contribution in [0.1, 0.15) is 81.4 Å². The van der Waals surface area contributed by atoms with E-state index in [4.69, 9.17) is 5.84 Å². The van der Waals surface area contributed by atoms with Gasteiger partial charge in [-0.05, 0) is 56.0 Å². The van der Waals surface area contributed by atoms with Gasteiger partial charge >= 0.3 is 0 Å². The van der Waals surface area contributed by atoms with Gasteiger partial charge in [-0.15, -0.1) is 0 Å². The second-order valence-electron chi connectivity index (χ2n) is 12.8. The summed E-state index contributed by atoms with van der Waals surface area (Å²) in [5, 5.41) is 59.4. The number of Topliss-reactive ketones (excluding diaryl/α,β-unsaturated/α-hetero) is 3. The molecule has 6 atom stereocenters. The zero-order chi connectivity index (χ0) is 33.5. The van der Waals surface area contributed by atoms with E-state index >= 15 is 0 Å². The minimum Gasteiger partial charge on any atom is -0.508 e. The molecule has 45 heavy (non-hydrogen) atoms. The van der Waals surface area contributed by atoms with Crippen LogP contribution in [0.25, 0.3) is 5.76 Å². The van der Waals surface area contributed by atoms with Crippen LogP contribution in [0.3, 0.4) is 0 Å². The maximum atomic E-state index is 14.6. The number of fused-ring (bicyclic) bond motifs is 3. The van der Waals surface area contributed by atoms with Crippen LogP contribution in [-0.4, -0.2) is 95.9 Å². The Morgan fingerprint density at radius 2 is 1.64 bits per heavy atom. The average molecular weight is 626 g/mol. The molecule has 1 aromatic carbocycles. The Morgan fingerprint density at radius 3 is 2.18 bits per heavy atom. The molecule has 2 fully saturated rings. The molecule has 13 heteroatoms. The summed E-state index contributed by atoms with van der Waals surface area (Å²) in [4.78, 5) is 69.0. The zero-order valence-electron chi connectivity index (χ0n) is 25.8. The van der Waals surface area contributed by atoms with Crippen LogP contribution >= 0.6 is 0 Å². The quantitative estimate of drug-likeness (QED) is 0.118. The van der Waals surface area contributed by atoms with E-state index in [9.17, 15) is 49.5 Å². The summed E-state index contributed by atoms with van der Waals surface area (Å²) in [6.07, 6.45) is 3.25. The first-order valence-electron chi connectivity index (χ1n) is 15.0. The van der Waals surface area contributed by atoms with Crippen LogP contribution in [0.4, 0.5) is 0 Å². The van der Waals surface area contributed by atoms with Gasteiger partial charge in [-0.2, -0.15) is 0 Å². The van der Waals surface area contributed by atoms with Crippen LogP contribution in [0.2, 0.25) is 0 Å². The smallest absolute Gasteiger partial charge is 0.282 e. The minimum absolute atomic E-state index is 0.0254. The molecule has 4 aliphatic rings. The number of phenols is 1. The molecule has 242 valence electrons. The van der Waals surface area contributed by atoms with Gasteiger partial charge in [-0.1, -0.05) is 32.8 Å². The van der Waals surface area contributed by atoms with Crippen LogP contribution in [0.5, 0.6) is 5.75 Å². The van der Waals surface area contributed by atoms with E-state index in [-0.39, 0.29) is 28.7 Å². The summed E-state index contributed by atoms with van der Waals surface area (Å²) >= 11 is 0. The lowest BCUT2D eigenvalue weighted by Crippen LogP contribution is -2.77. The van der Waals surface area contributed by atoms with Crippen molar-refractivity contribution in [3.63, 3.8) is 0 Å². The average Bonchev–Trinajstić information content (AvgIpc) is 3.52. The molecular weight excluding hydrogens is 586 g/mol. The van der Waals surface area contributed by atoms with Crippen LogP contribution < -0.4 is 5.84 Å². The van der Waals surface area contributed by atoms with E-state index < -0.39 is 86.8 Å². The molecule has 1 aromatic rings. The Bertz CT molecular complexity index is 1610. The van der Waals surface area contributed by atoms with E-state index in [0.29, 0.717) is 5.56 Å². The van der Waals surface area contributed by atoms with Gasteiger partial charge in [0.1, 0.15) is 28.4 Å². The fourth-order valence-corrected chi connectivity index (χ4v) is 8.33. The molecule has 0 bridgehead atoms. The molecule has 0 aliphatic heterocycles. The Labute approximate surface area is 259 Å².